The predicted octanol–water partition coefficient (Wildman–Crippen LogP) is 3.15. The third-order valence-corrected chi connectivity index (χ3v) is 6.28. The summed E-state index contributed by atoms with van der Waals surface area (Å²) < 4.78 is 51.8. The molecule has 1 aliphatic rings. The average Bonchev–Trinajstić information content (AvgIpc) is 3.17. The van der Waals surface area contributed by atoms with Crippen molar-refractivity contribution in [2.45, 2.75) is 24.8 Å². The number of fused-ring (bicyclic) bond motifs is 1. The van der Waals surface area contributed by atoms with E-state index in [1.165, 1.54) is 35.2 Å². The number of carbonyl (C=O) groups is 1. The third-order valence-electron chi connectivity index (χ3n) is 4.43. The van der Waals surface area contributed by atoms with E-state index in [1.807, 2.05) is 6.92 Å². The number of amides is 1. The minimum Gasteiger partial charge on any atom is -0.482 e. The van der Waals surface area contributed by atoms with Crippen LogP contribution in [0.4, 0.5) is 15.8 Å². The van der Waals surface area contributed by atoms with Gasteiger partial charge in [0.25, 0.3) is 15.9 Å². The Hall–Kier alpha value is -3.18. The standard InChI is InChI=1S/C19H16ClFN4O5S/c1-2-18-22-17(23-30-18)9-25-14-7-13(20)16(8-15(14)29-10-19(25)26)31(27,28)24-12-5-3-4-11(21)6-12/h3-8,24H,2,9-10H2,1H3. The number of rotatable bonds is 6. The molecule has 4 rings (SSSR count). The van der Waals surface area contributed by atoms with E-state index >= 15 is 0 Å². The van der Waals surface area contributed by atoms with Crippen molar-refractivity contribution in [3.63, 3.8) is 0 Å². The molecule has 1 aromatic heterocycles. The van der Waals surface area contributed by atoms with Crippen LogP contribution in [0.1, 0.15) is 18.6 Å². The molecular weight excluding hydrogens is 451 g/mol. The molecule has 0 atom stereocenters. The van der Waals surface area contributed by atoms with Crippen molar-refractivity contribution in [3.05, 3.63) is 59.0 Å². The second-order valence-corrected chi connectivity index (χ2v) is 8.65. The molecule has 0 fully saturated rings. The first-order valence-electron chi connectivity index (χ1n) is 9.13. The first-order chi connectivity index (χ1) is 14.8. The SMILES string of the molecule is CCc1nc(CN2C(=O)COc3cc(S(=O)(=O)Nc4cccc(F)c4)c(Cl)cc32)no1. The van der Waals surface area contributed by atoms with Gasteiger partial charge in [0.15, 0.2) is 12.4 Å². The van der Waals surface area contributed by atoms with Crippen molar-refractivity contribution in [3.8, 4) is 5.75 Å². The van der Waals surface area contributed by atoms with Crippen LogP contribution in [0, 0.1) is 5.82 Å². The molecule has 2 heterocycles. The number of aromatic nitrogens is 2. The van der Waals surface area contributed by atoms with Crippen molar-refractivity contribution in [1.82, 2.24) is 10.1 Å². The van der Waals surface area contributed by atoms with Crippen LogP contribution in [0.2, 0.25) is 5.02 Å². The second kappa shape index (κ2) is 8.16. The highest BCUT2D eigenvalue weighted by atomic mass is 35.5. The van der Waals surface area contributed by atoms with Gasteiger partial charge < -0.3 is 9.26 Å². The summed E-state index contributed by atoms with van der Waals surface area (Å²) in [6.07, 6.45) is 0.548. The molecule has 1 N–H and O–H groups in total. The summed E-state index contributed by atoms with van der Waals surface area (Å²) in [5.74, 6) is -0.109. The Kier molecular flexibility index (Phi) is 5.54. The zero-order chi connectivity index (χ0) is 22.2. The number of anilines is 2. The molecule has 2 aromatic carbocycles. The maximum atomic E-state index is 13.4. The van der Waals surface area contributed by atoms with E-state index < -0.39 is 15.8 Å². The molecule has 9 nitrogen and oxygen atoms in total. The normalized spacial score (nSPS) is 13.6. The van der Waals surface area contributed by atoms with Crippen LogP contribution >= 0.6 is 11.6 Å². The van der Waals surface area contributed by atoms with E-state index in [1.54, 1.807) is 0 Å². The monoisotopic (exact) mass is 466 g/mol. The predicted molar refractivity (Wildman–Crippen MR) is 109 cm³/mol. The number of halogens is 2. The van der Waals surface area contributed by atoms with Crippen LogP contribution in [0.5, 0.6) is 5.75 Å². The fourth-order valence-corrected chi connectivity index (χ4v) is 4.57. The van der Waals surface area contributed by atoms with Gasteiger partial charge in [0.05, 0.1) is 22.9 Å². The molecule has 1 aliphatic heterocycles. The van der Waals surface area contributed by atoms with Crippen LogP contribution in [0.25, 0.3) is 0 Å². The maximum absolute atomic E-state index is 13.4. The van der Waals surface area contributed by atoms with Crippen LogP contribution < -0.4 is 14.4 Å². The Bertz CT molecular complexity index is 1260. The van der Waals surface area contributed by atoms with E-state index in [-0.39, 0.29) is 46.1 Å². The lowest BCUT2D eigenvalue weighted by Crippen LogP contribution is -2.38. The number of carbonyl (C=O) groups excluding carboxylic acids is 1. The van der Waals surface area contributed by atoms with Gasteiger partial charge >= 0.3 is 0 Å². The largest absolute Gasteiger partial charge is 0.482 e. The van der Waals surface area contributed by atoms with Crippen molar-refractivity contribution in [2.75, 3.05) is 16.2 Å². The number of sulfonamides is 1. The van der Waals surface area contributed by atoms with Gasteiger partial charge in [-0.2, -0.15) is 4.98 Å². The van der Waals surface area contributed by atoms with Crippen molar-refractivity contribution in [1.29, 1.82) is 0 Å². The Labute approximate surface area is 181 Å². The molecule has 162 valence electrons. The molecule has 1 amide bonds. The Morgan fingerprint density at radius 3 is 2.81 bits per heavy atom. The zero-order valence-electron chi connectivity index (χ0n) is 16.1. The molecule has 3 aromatic rings. The topological polar surface area (TPSA) is 115 Å². The number of nitrogens with zero attached hydrogens (tertiary/aromatic N) is 3. The molecular formula is C19H16ClFN4O5S. The van der Waals surface area contributed by atoms with Crippen LogP contribution in [0.3, 0.4) is 0 Å². The van der Waals surface area contributed by atoms with Gasteiger partial charge in [0.2, 0.25) is 5.89 Å². The molecule has 0 radical (unpaired) electrons. The Morgan fingerprint density at radius 2 is 2.10 bits per heavy atom. The summed E-state index contributed by atoms with van der Waals surface area (Å²) in [6, 6.07) is 7.53. The van der Waals surface area contributed by atoms with Gasteiger partial charge in [-0.25, -0.2) is 12.8 Å². The molecule has 12 heteroatoms. The Balaban J connectivity index is 1.67. The number of benzene rings is 2. The van der Waals surface area contributed by atoms with Gasteiger partial charge in [-0.3, -0.25) is 14.4 Å². The van der Waals surface area contributed by atoms with Crippen molar-refractivity contribution < 1.29 is 26.9 Å². The van der Waals surface area contributed by atoms with Crippen molar-refractivity contribution in [2.24, 2.45) is 0 Å². The second-order valence-electron chi connectivity index (χ2n) is 6.59. The first-order valence-corrected chi connectivity index (χ1v) is 11.0. The van der Waals surface area contributed by atoms with E-state index in [4.69, 9.17) is 20.9 Å². The highest BCUT2D eigenvalue weighted by Gasteiger charge is 2.31. The fourth-order valence-electron chi connectivity index (χ4n) is 2.98. The summed E-state index contributed by atoms with van der Waals surface area (Å²) in [4.78, 5) is 17.7. The molecule has 31 heavy (non-hydrogen) atoms. The lowest BCUT2D eigenvalue weighted by atomic mass is 10.2. The van der Waals surface area contributed by atoms with E-state index in [0.29, 0.717) is 18.1 Å². The first kappa shape index (κ1) is 21.1. The quantitative estimate of drug-likeness (QED) is 0.593. The number of ether oxygens (including phenoxy) is 1. The van der Waals surface area contributed by atoms with E-state index in [9.17, 15) is 17.6 Å². The van der Waals surface area contributed by atoms with Crippen molar-refractivity contribution >= 4 is 38.9 Å². The minimum atomic E-state index is -4.16. The third kappa shape index (κ3) is 4.32. The van der Waals surface area contributed by atoms with Crippen LogP contribution in [-0.2, 0) is 27.8 Å². The number of hydrogen-bond donors (Lipinski definition) is 1. The highest BCUT2D eigenvalue weighted by Crippen LogP contribution is 2.39. The number of aryl methyl sites for hydroxylation is 1. The summed E-state index contributed by atoms with van der Waals surface area (Å²) in [7, 11) is -4.16. The lowest BCUT2D eigenvalue weighted by Gasteiger charge is -2.29. The molecule has 0 bridgehead atoms. The molecule has 0 spiro atoms. The summed E-state index contributed by atoms with van der Waals surface area (Å²) in [5, 5.41) is 3.69. The van der Waals surface area contributed by atoms with Gasteiger partial charge in [-0.15, -0.1) is 0 Å². The highest BCUT2D eigenvalue weighted by molar-refractivity contribution is 7.92. The van der Waals surface area contributed by atoms with Gasteiger partial charge in [-0.1, -0.05) is 29.7 Å². The Morgan fingerprint density at radius 1 is 1.29 bits per heavy atom. The molecule has 0 saturated heterocycles. The lowest BCUT2D eigenvalue weighted by molar-refractivity contribution is -0.121. The summed E-state index contributed by atoms with van der Waals surface area (Å²) in [5.41, 5.74) is 0.309. The van der Waals surface area contributed by atoms with Gasteiger partial charge in [0, 0.05) is 12.5 Å². The molecule has 0 aliphatic carbocycles. The average molecular weight is 467 g/mol. The maximum Gasteiger partial charge on any atom is 0.265 e. The number of nitrogens with one attached hydrogen (secondary N) is 1. The smallest absolute Gasteiger partial charge is 0.265 e. The number of hydrogen-bond acceptors (Lipinski definition) is 7. The summed E-state index contributed by atoms with van der Waals surface area (Å²) in [6.45, 7) is 1.55. The van der Waals surface area contributed by atoms with E-state index in [0.717, 1.165) is 6.07 Å². The van der Waals surface area contributed by atoms with Crippen LogP contribution in [0.15, 0.2) is 45.8 Å². The van der Waals surface area contributed by atoms with Gasteiger partial charge in [0.1, 0.15) is 16.5 Å². The molecule has 0 saturated carbocycles. The zero-order valence-corrected chi connectivity index (χ0v) is 17.7. The van der Waals surface area contributed by atoms with E-state index in [2.05, 4.69) is 14.9 Å². The minimum absolute atomic E-state index is 0.00264. The van der Waals surface area contributed by atoms with Gasteiger partial charge in [-0.05, 0) is 24.3 Å². The van der Waals surface area contributed by atoms with Crippen LogP contribution in [-0.4, -0.2) is 31.1 Å². The summed E-state index contributed by atoms with van der Waals surface area (Å²) >= 11 is 6.25. The molecule has 0 unspecified atom stereocenters. The fraction of sp³-hybridized carbons (Fsp3) is 0.211.